The van der Waals surface area contributed by atoms with E-state index in [1.54, 1.807) is 11.8 Å². The van der Waals surface area contributed by atoms with Crippen LogP contribution in [-0.4, -0.2) is 53.2 Å². The molecule has 4 rings (SSSR count). The SMILES string of the molecule is Cc1nc(C(=O)N2C[C@H]3COCC[C@@]3(C(=O)O)C2)c(-c2ccccc2)o1. The quantitative estimate of drug-likeness (QED) is 0.906. The van der Waals surface area contributed by atoms with Crippen LogP contribution in [0.25, 0.3) is 11.3 Å². The first-order valence-electron chi connectivity index (χ1n) is 8.64. The van der Waals surface area contributed by atoms with Crippen LogP contribution in [0.3, 0.4) is 0 Å². The predicted octanol–water partition coefficient (Wildman–Crippen LogP) is 2.21. The highest BCUT2D eigenvalue weighted by Crippen LogP contribution is 2.43. The molecular weight excluding hydrogens is 336 g/mol. The first-order valence-corrected chi connectivity index (χ1v) is 8.64. The van der Waals surface area contributed by atoms with E-state index in [2.05, 4.69) is 4.98 Å². The number of ether oxygens (including phenoxy) is 1. The van der Waals surface area contributed by atoms with Gasteiger partial charge in [-0.05, 0) is 6.42 Å². The van der Waals surface area contributed by atoms with Crippen LogP contribution in [0.15, 0.2) is 34.7 Å². The van der Waals surface area contributed by atoms with Crippen LogP contribution in [-0.2, 0) is 9.53 Å². The van der Waals surface area contributed by atoms with E-state index < -0.39 is 11.4 Å². The summed E-state index contributed by atoms with van der Waals surface area (Å²) in [5, 5.41) is 9.78. The molecule has 1 aromatic carbocycles. The fourth-order valence-electron chi connectivity index (χ4n) is 3.96. The molecule has 2 fully saturated rings. The van der Waals surface area contributed by atoms with Gasteiger partial charge in [0.15, 0.2) is 17.3 Å². The normalized spacial score (nSPS) is 25.1. The number of hydrogen-bond donors (Lipinski definition) is 1. The molecule has 2 aliphatic rings. The third kappa shape index (κ3) is 2.59. The number of carbonyl (C=O) groups excluding carboxylic acids is 1. The Bertz CT molecular complexity index is 847. The van der Waals surface area contributed by atoms with E-state index in [4.69, 9.17) is 9.15 Å². The van der Waals surface area contributed by atoms with Crippen LogP contribution in [0.1, 0.15) is 22.8 Å². The summed E-state index contributed by atoms with van der Waals surface area (Å²) >= 11 is 0. The Morgan fingerprint density at radius 2 is 2.08 bits per heavy atom. The lowest BCUT2D eigenvalue weighted by Crippen LogP contribution is -2.45. The van der Waals surface area contributed by atoms with Crippen molar-refractivity contribution in [1.29, 1.82) is 0 Å². The summed E-state index contributed by atoms with van der Waals surface area (Å²) in [6.45, 7) is 2.99. The second-order valence-corrected chi connectivity index (χ2v) is 6.95. The van der Waals surface area contributed by atoms with Crippen molar-refractivity contribution in [3.05, 3.63) is 41.9 Å². The minimum atomic E-state index is -0.931. The van der Waals surface area contributed by atoms with Crippen molar-refractivity contribution in [3.63, 3.8) is 0 Å². The zero-order chi connectivity index (χ0) is 18.3. The minimum Gasteiger partial charge on any atom is -0.481 e. The summed E-state index contributed by atoms with van der Waals surface area (Å²) in [4.78, 5) is 30.9. The summed E-state index contributed by atoms with van der Waals surface area (Å²) in [7, 11) is 0. The number of aliphatic carboxylic acids is 1. The molecule has 2 saturated heterocycles. The number of likely N-dealkylation sites (tertiary alicyclic amines) is 1. The summed E-state index contributed by atoms with van der Waals surface area (Å²) in [5.41, 5.74) is 0.0673. The van der Waals surface area contributed by atoms with Gasteiger partial charge < -0.3 is 19.2 Å². The topological polar surface area (TPSA) is 92.9 Å². The molecule has 0 spiro atoms. The van der Waals surface area contributed by atoms with Crippen molar-refractivity contribution < 1.29 is 23.8 Å². The number of oxazole rings is 1. The predicted molar refractivity (Wildman–Crippen MR) is 91.6 cm³/mol. The standard InChI is InChI=1S/C19H20N2O5/c1-12-20-15(16(26-12)13-5-3-2-4-6-13)17(22)21-9-14-10-25-8-7-19(14,11-21)18(23)24/h2-6,14H,7-11H2,1H3,(H,23,24)/t14-,19+/m0/s1. The molecule has 0 radical (unpaired) electrons. The van der Waals surface area contributed by atoms with Crippen LogP contribution in [0.2, 0.25) is 0 Å². The van der Waals surface area contributed by atoms with Gasteiger partial charge in [0.25, 0.3) is 5.91 Å². The lowest BCUT2D eigenvalue weighted by Gasteiger charge is -2.33. The fraction of sp³-hybridized carbons (Fsp3) is 0.421. The van der Waals surface area contributed by atoms with Crippen molar-refractivity contribution in [2.24, 2.45) is 11.3 Å². The van der Waals surface area contributed by atoms with Gasteiger partial charge in [0, 0.05) is 38.1 Å². The molecule has 0 saturated carbocycles. The number of aryl methyl sites for hydroxylation is 1. The van der Waals surface area contributed by atoms with Crippen LogP contribution < -0.4 is 0 Å². The van der Waals surface area contributed by atoms with E-state index in [1.807, 2.05) is 30.3 Å². The van der Waals surface area contributed by atoms with Crippen molar-refractivity contribution in [1.82, 2.24) is 9.88 Å². The van der Waals surface area contributed by atoms with E-state index in [1.165, 1.54) is 0 Å². The van der Waals surface area contributed by atoms with Gasteiger partial charge in [0.2, 0.25) is 0 Å². The van der Waals surface area contributed by atoms with E-state index >= 15 is 0 Å². The van der Waals surface area contributed by atoms with Crippen LogP contribution in [0, 0.1) is 18.3 Å². The number of amides is 1. The third-order valence-electron chi connectivity index (χ3n) is 5.39. The fourth-order valence-corrected chi connectivity index (χ4v) is 3.96. The van der Waals surface area contributed by atoms with E-state index in [0.717, 1.165) is 5.56 Å². The Balaban J connectivity index is 1.66. The Labute approximate surface area is 150 Å². The molecule has 1 aromatic heterocycles. The van der Waals surface area contributed by atoms with Gasteiger partial charge in [-0.1, -0.05) is 30.3 Å². The second-order valence-electron chi connectivity index (χ2n) is 6.95. The molecule has 0 aliphatic carbocycles. The Hall–Kier alpha value is -2.67. The third-order valence-corrected chi connectivity index (χ3v) is 5.39. The molecule has 2 aromatic rings. The minimum absolute atomic E-state index is 0.176. The highest BCUT2D eigenvalue weighted by Gasteiger charge is 2.55. The number of benzene rings is 1. The maximum atomic E-state index is 13.1. The number of nitrogens with zero attached hydrogens (tertiary/aromatic N) is 2. The van der Waals surface area contributed by atoms with Gasteiger partial charge in [-0.3, -0.25) is 9.59 Å². The number of rotatable bonds is 3. The zero-order valence-corrected chi connectivity index (χ0v) is 14.5. The molecule has 26 heavy (non-hydrogen) atoms. The second kappa shape index (κ2) is 6.25. The van der Waals surface area contributed by atoms with Crippen LogP contribution in [0.4, 0.5) is 0 Å². The van der Waals surface area contributed by atoms with Gasteiger partial charge in [-0.25, -0.2) is 4.98 Å². The monoisotopic (exact) mass is 356 g/mol. The van der Waals surface area contributed by atoms with Gasteiger partial charge >= 0.3 is 5.97 Å². The molecule has 2 aliphatic heterocycles. The molecular formula is C19H20N2O5. The zero-order valence-electron chi connectivity index (χ0n) is 14.5. The molecule has 7 nitrogen and oxygen atoms in total. The molecule has 0 unspecified atom stereocenters. The number of fused-ring (bicyclic) bond motifs is 1. The smallest absolute Gasteiger partial charge is 0.311 e. The van der Waals surface area contributed by atoms with E-state index in [9.17, 15) is 14.7 Å². The number of carboxylic acids is 1. The van der Waals surface area contributed by atoms with Crippen molar-refractivity contribution >= 4 is 11.9 Å². The van der Waals surface area contributed by atoms with Crippen molar-refractivity contribution in [2.75, 3.05) is 26.3 Å². The van der Waals surface area contributed by atoms with Crippen molar-refractivity contribution in [3.8, 4) is 11.3 Å². The molecule has 0 bridgehead atoms. The summed E-state index contributed by atoms with van der Waals surface area (Å²) < 4.78 is 11.1. The first-order chi connectivity index (χ1) is 12.5. The first kappa shape index (κ1) is 16.8. The molecule has 1 amide bonds. The molecule has 2 atom stereocenters. The number of hydrogen-bond acceptors (Lipinski definition) is 5. The van der Waals surface area contributed by atoms with Crippen LogP contribution >= 0.6 is 0 Å². The van der Waals surface area contributed by atoms with Crippen molar-refractivity contribution in [2.45, 2.75) is 13.3 Å². The van der Waals surface area contributed by atoms with Crippen LogP contribution in [0.5, 0.6) is 0 Å². The number of carbonyl (C=O) groups is 2. The Kier molecular flexibility index (Phi) is 4.03. The van der Waals surface area contributed by atoms with Gasteiger partial charge in [0.05, 0.1) is 12.0 Å². The highest BCUT2D eigenvalue weighted by molar-refractivity contribution is 5.98. The average molecular weight is 356 g/mol. The number of carboxylic acid groups (broad SMARTS) is 1. The summed E-state index contributed by atoms with van der Waals surface area (Å²) in [6, 6.07) is 9.32. The lowest BCUT2D eigenvalue weighted by molar-refractivity contribution is -0.157. The maximum absolute atomic E-state index is 13.1. The molecule has 1 N–H and O–H groups in total. The van der Waals surface area contributed by atoms with Gasteiger partial charge in [-0.15, -0.1) is 0 Å². The summed E-state index contributed by atoms with van der Waals surface area (Å²) in [5.74, 6) is -0.536. The van der Waals surface area contributed by atoms with Gasteiger partial charge in [-0.2, -0.15) is 0 Å². The number of aromatic nitrogens is 1. The average Bonchev–Trinajstić information content (AvgIpc) is 3.23. The molecule has 3 heterocycles. The molecule has 7 heteroatoms. The summed E-state index contributed by atoms with van der Waals surface area (Å²) in [6.07, 6.45) is 0.417. The lowest BCUT2D eigenvalue weighted by atomic mass is 9.74. The molecule has 136 valence electrons. The largest absolute Gasteiger partial charge is 0.481 e. The van der Waals surface area contributed by atoms with E-state index in [-0.39, 0.29) is 24.1 Å². The van der Waals surface area contributed by atoms with E-state index in [0.29, 0.717) is 37.8 Å². The Morgan fingerprint density at radius 1 is 1.31 bits per heavy atom. The Morgan fingerprint density at radius 3 is 2.77 bits per heavy atom. The maximum Gasteiger partial charge on any atom is 0.311 e. The van der Waals surface area contributed by atoms with Gasteiger partial charge in [0.1, 0.15) is 0 Å². The highest BCUT2D eigenvalue weighted by atomic mass is 16.5.